The summed E-state index contributed by atoms with van der Waals surface area (Å²) in [6.45, 7) is 2.57. The highest BCUT2D eigenvalue weighted by Gasteiger charge is 2.20. The highest BCUT2D eigenvalue weighted by atomic mass is 79.9. The van der Waals surface area contributed by atoms with Crippen molar-refractivity contribution < 1.29 is 5.48 Å². The summed E-state index contributed by atoms with van der Waals surface area (Å²) in [5.74, 6) is 0. The van der Waals surface area contributed by atoms with E-state index in [1.807, 2.05) is 22.9 Å². The second kappa shape index (κ2) is 9.22. The molecule has 0 spiro atoms. The predicted molar refractivity (Wildman–Crippen MR) is 112 cm³/mol. The van der Waals surface area contributed by atoms with Crippen molar-refractivity contribution in [1.82, 2.24) is 14.6 Å². The lowest BCUT2D eigenvalue weighted by Gasteiger charge is -2.11. The molecule has 138 valence electrons. The highest BCUT2D eigenvalue weighted by molar-refractivity contribution is 9.10. The van der Waals surface area contributed by atoms with Crippen molar-refractivity contribution in [3.8, 4) is 16.9 Å². The van der Waals surface area contributed by atoms with Crippen molar-refractivity contribution in [2.75, 3.05) is 0 Å². The largest absolute Gasteiger partial charge is 0.412 e. The lowest BCUT2D eigenvalue weighted by molar-refractivity contribution is 0.814. The Kier molecular flexibility index (Phi) is 7.52. The van der Waals surface area contributed by atoms with E-state index in [4.69, 9.17) is 40.1 Å². The van der Waals surface area contributed by atoms with Gasteiger partial charge in [-0.25, -0.2) is 9.52 Å². The molecule has 0 unspecified atom stereocenters. The van der Waals surface area contributed by atoms with Crippen LogP contribution in [0.3, 0.4) is 0 Å². The Bertz CT molecular complexity index is 897. The zero-order chi connectivity index (χ0) is 18.0. The third kappa shape index (κ3) is 4.25. The number of halogens is 4. The number of hydrogen-bond donors (Lipinski definition) is 1. The monoisotopic (exact) mass is 475 g/mol. The van der Waals surface area contributed by atoms with Gasteiger partial charge in [-0.05, 0) is 48.5 Å². The van der Waals surface area contributed by atoms with Crippen molar-refractivity contribution >= 4 is 50.9 Å². The number of aromatic nitrogens is 2. The predicted octanol–water partition coefficient (Wildman–Crippen LogP) is 5.59. The van der Waals surface area contributed by atoms with Crippen molar-refractivity contribution in [3.63, 3.8) is 0 Å². The quantitative estimate of drug-likeness (QED) is 0.487. The number of nitrogens with zero attached hydrogens (tertiary/aromatic N) is 2. The normalized spacial score (nSPS) is 10.7. The molecule has 1 heterocycles. The Hall–Kier alpha value is -1.08. The molecule has 0 saturated heterocycles. The van der Waals surface area contributed by atoms with Gasteiger partial charge >= 0.3 is 0 Å². The summed E-state index contributed by atoms with van der Waals surface area (Å²) >= 11 is 21.7. The summed E-state index contributed by atoms with van der Waals surface area (Å²) in [7, 11) is 0. The smallest absolute Gasteiger partial charge is 0.0840 e. The maximum absolute atomic E-state index is 6.44. The second-order valence-electron chi connectivity index (χ2n) is 5.45. The SMILES string of the molecule is CCc1c(CNCl)nn(-c2ccc(Cl)cc2Cl)c1-c1ccc(Br)cc1.O. The van der Waals surface area contributed by atoms with Crippen molar-refractivity contribution in [1.29, 1.82) is 0 Å². The van der Waals surface area contributed by atoms with E-state index >= 15 is 0 Å². The van der Waals surface area contributed by atoms with Crippen molar-refractivity contribution in [2.24, 2.45) is 0 Å². The average molecular weight is 478 g/mol. The molecule has 4 nitrogen and oxygen atoms in total. The van der Waals surface area contributed by atoms with E-state index < -0.39 is 0 Å². The molecule has 0 aliphatic rings. The first-order valence-corrected chi connectivity index (χ1v) is 9.63. The van der Waals surface area contributed by atoms with Gasteiger partial charge in [-0.2, -0.15) is 5.10 Å². The summed E-state index contributed by atoms with van der Waals surface area (Å²) in [6.07, 6.45) is 0.824. The average Bonchev–Trinajstić information content (AvgIpc) is 2.94. The van der Waals surface area contributed by atoms with Crippen LogP contribution in [0.5, 0.6) is 0 Å². The Balaban J connectivity index is 0.00000243. The van der Waals surface area contributed by atoms with E-state index in [2.05, 4.69) is 39.8 Å². The fraction of sp³-hybridized carbons (Fsp3) is 0.167. The molecule has 0 bridgehead atoms. The van der Waals surface area contributed by atoms with Crippen LogP contribution in [-0.4, -0.2) is 15.3 Å². The van der Waals surface area contributed by atoms with Gasteiger partial charge in [0.15, 0.2) is 0 Å². The minimum Gasteiger partial charge on any atom is -0.412 e. The van der Waals surface area contributed by atoms with Gasteiger partial charge in [0.2, 0.25) is 0 Å². The van der Waals surface area contributed by atoms with Crippen LogP contribution in [0.1, 0.15) is 18.2 Å². The molecule has 1 aromatic heterocycles. The Labute approximate surface area is 175 Å². The molecular weight excluding hydrogens is 460 g/mol. The first-order chi connectivity index (χ1) is 12.0. The molecule has 0 fully saturated rings. The van der Waals surface area contributed by atoms with E-state index in [-0.39, 0.29) is 5.48 Å². The summed E-state index contributed by atoms with van der Waals surface area (Å²) in [6, 6.07) is 13.5. The minimum absolute atomic E-state index is 0. The molecule has 3 rings (SSSR count). The van der Waals surface area contributed by atoms with Gasteiger partial charge in [-0.3, -0.25) is 0 Å². The molecule has 2 aromatic carbocycles. The summed E-state index contributed by atoms with van der Waals surface area (Å²) < 4.78 is 2.89. The Morgan fingerprint density at radius 3 is 2.38 bits per heavy atom. The first-order valence-electron chi connectivity index (χ1n) is 7.70. The maximum atomic E-state index is 6.44. The van der Waals surface area contributed by atoms with Gasteiger partial charge in [0.05, 0.1) is 28.6 Å². The molecule has 0 atom stereocenters. The summed E-state index contributed by atoms with van der Waals surface area (Å²) in [4.78, 5) is 2.67. The zero-order valence-corrected chi connectivity index (χ0v) is 17.7. The molecule has 0 aliphatic carbocycles. The topological polar surface area (TPSA) is 61.4 Å². The van der Waals surface area contributed by atoms with E-state index in [0.29, 0.717) is 16.6 Å². The van der Waals surface area contributed by atoms with Crippen LogP contribution in [0.2, 0.25) is 10.0 Å². The third-order valence-electron chi connectivity index (χ3n) is 3.91. The molecule has 3 aromatic rings. The van der Waals surface area contributed by atoms with Crippen LogP contribution in [0.25, 0.3) is 16.9 Å². The number of rotatable bonds is 5. The van der Waals surface area contributed by atoms with Crippen LogP contribution in [0.4, 0.5) is 0 Å². The Morgan fingerprint density at radius 2 is 1.81 bits per heavy atom. The maximum Gasteiger partial charge on any atom is 0.0840 e. The van der Waals surface area contributed by atoms with E-state index in [1.54, 1.807) is 12.1 Å². The van der Waals surface area contributed by atoms with E-state index in [1.165, 1.54) is 0 Å². The van der Waals surface area contributed by atoms with E-state index in [9.17, 15) is 0 Å². The molecular formula is C18H17BrCl3N3O. The minimum atomic E-state index is 0. The molecule has 0 aliphatic heterocycles. The molecule has 3 N–H and O–H groups in total. The summed E-state index contributed by atoms with van der Waals surface area (Å²) in [5.41, 5.74) is 4.85. The molecule has 0 saturated carbocycles. The van der Waals surface area contributed by atoms with Gasteiger partial charge in [-0.1, -0.05) is 58.2 Å². The molecule has 0 radical (unpaired) electrons. The van der Waals surface area contributed by atoms with Crippen molar-refractivity contribution in [3.05, 3.63) is 68.2 Å². The van der Waals surface area contributed by atoms with Crippen LogP contribution in [-0.2, 0) is 13.0 Å². The van der Waals surface area contributed by atoms with Crippen LogP contribution < -0.4 is 4.84 Å². The summed E-state index contributed by atoms with van der Waals surface area (Å²) in [5, 5.41) is 5.89. The fourth-order valence-electron chi connectivity index (χ4n) is 2.80. The van der Waals surface area contributed by atoms with Gasteiger partial charge in [-0.15, -0.1) is 0 Å². The third-order valence-corrected chi connectivity index (χ3v) is 5.11. The molecule has 8 heteroatoms. The zero-order valence-electron chi connectivity index (χ0n) is 13.9. The van der Waals surface area contributed by atoms with E-state index in [0.717, 1.165) is 39.1 Å². The van der Waals surface area contributed by atoms with Gasteiger partial charge in [0.25, 0.3) is 0 Å². The molecule has 0 amide bonds. The standard InChI is InChI=1S/C18H15BrCl3N3.H2O/c1-2-14-16(10-23-22)24-25(17-8-7-13(20)9-15(17)21)18(14)11-3-5-12(19)6-4-11;/h3-9,23H,2,10H2,1H3;1H2. The fourth-order valence-corrected chi connectivity index (χ4v) is 3.68. The van der Waals surface area contributed by atoms with Gasteiger partial charge in [0.1, 0.15) is 0 Å². The second-order valence-corrected chi connectivity index (χ2v) is 7.48. The number of hydrogen-bond acceptors (Lipinski definition) is 2. The Morgan fingerprint density at radius 1 is 1.12 bits per heavy atom. The lowest BCUT2D eigenvalue weighted by Crippen LogP contribution is -2.03. The van der Waals surface area contributed by atoms with Crippen LogP contribution in [0.15, 0.2) is 46.9 Å². The number of benzene rings is 2. The molecule has 26 heavy (non-hydrogen) atoms. The van der Waals surface area contributed by atoms with Crippen LogP contribution >= 0.6 is 50.9 Å². The van der Waals surface area contributed by atoms with Gasteiger partial charge in [0, 0.05) is 20.6 Å². The first kappa shape index (κ1) is 21.2. The van der Waals surface area contributed by atoms with Crippen LogP contribution in [0, 0.1) is 0 Å². The number of nitrogens with one attached hydrogen (secondary N) is 1. The highest BCUT2D eigenvalue weighted by Crippen LogP contribution is 2.33. The van der Waals surface area contributed by atoms with Gasteiger partial charge < -0.3 is 5.48 Å². The van der Waals surface area contributed by atoms with Crippen molar-refractivity contribution in [2.45, 2.75) is 19.9 Å². The lowest BCUT2D eigenvalue weighted by atomic mass is 10.0.